The summed E-state index contributed by atoms with van der Waals surface area (Å²) in [6.45, 7) is 3.53. The van der Waals surface area contributed by atoms with Gasteiger partial charge in [0.25, 0.3) is 11.6 Å². The molecule has 0 saturated carbocycles. The van der Waals surface area contributed by atoms with Gasteiger partial charge in [-0.05, 0) is 19.4 Å². The number of benzene rings is 2. The molecule has 1 aliphatic rings. The number of rotatable bonds is 6. The predicted octanol–water partition coefficient (Wildman–Crippen LogP) is 4.13. The number of para-hydroxylation sites is 1. The van der Waals surface area contributed by atoms with Crippen LogP contribution in [0.2, 0.25) is 0 Å². The Morgan fingerprint density at radius 3 is 2.52 bits per heavy atom. The first-order valence-corrected chi connectivity index (χ1v) is 10.3. The summed E-state index contributed by atoms with van der Waals surface area (Å²) in [5.74, 6) is -0.783. The lowest BCUT2D eigenvalue weighted by Crippen LogP contribution is -2.28. The van der Waals surface area contributed by atoms with E-state index >= 15 is 0 Å². The number of methoxy groups -OCH3 is 1. The van der Waals surface area contributed by atoms with Gasteiger partial charge >= 0.3 is 5.97 Å². The summed E-state index contributed by atoms with van der Waals surface area (Å²) in [4.78, 5) is 28.7. The zero-order valence-electron chi connectivity index (χ0n) is 18.4. The molecule has 9 heteroatoms. The maximum atomic E-state index is 12.8. The summed E-state index contributed by atoms with van der Waals surface area (Å²) in [6.07, 6.45) is 0.457. The predicted molar refractivity (Wildman–Crippen MR) is 120 cm³/mol. The Balaban J connectivity index is 1.85. The van der Waals surface area contributed by atoms with Crippen LogP contribution in [-0.4, -0.2) is 28.1 Å². The van der Waals surface area contributed by atoms with Crippen molar-refractivity contribution in [3.8, 4) is 0 Å². The molecule has 2 heterocycles. The van der Waals surface area contributed by atoms with Gasteiger partial charge in [-0.15, -0.1) is 0 Å². The monoisotopic (exact) mass is 446 g/mol. The normalized spacial score (nSPS) is 15.9. The van der Waals surface area contributed by atoms with E-state index in [9.17, 15) is 14.9 Å². The number of allylic oxidation sites excluding steroid dienone is 3. The molecule has 9 nitrogen and oxygen atoms in total. The van der Waals surface area contributed by atoms with E-state index in [4.69, 9.17) is 9.26 Å². The van der Waals surface area contributed by atoms with Crippen molar-refractivity contribution in [1.82, 2.24) is 15.5 Å². The molecule has 1 unspecified atom stereocenters. The van der Waals surface area contributed by atoms with Crippen molar-refractivity contribution in [2.75, 3.05) is 7.11 Å². The minimum atomic E-state index is -0.828. The second kappa shape index (κ2) is 9.07. The average Bonchev–Trinajstić information content (AvgIpc) is 3.26. The van der Waals surface area contributed by atoms with E-state index in [1.807, 2.05) is 30.3 Å². The van der Waals surface area contributed by atoms with Crippen LogP contribution in [0.1, 0.15) is 42.6 Å². The highest BCUT2D eigenvalue weighted by atomic mass is 16.6. The van der Waals surface area contributed by atoms with Crippen molar-refractivity contribution < 1.29 is 19.0 Å². The lowest BCUT2D eigenvalue weighted by Gasteiger charge is -2.29. The molecule has 1 atom stereocenters. The van der Waals surface area contributed by atoms with Crippen LogP contribution in [0.25, 0.3) is 5.57 Å². The SMILES string of the molecule is COC(=O)C1=C(C)NC(C)=C(c2nc(Cc3ccccc3)no2)C1c1ccccc1[N+](=O)[O-]. The molecule has 0 radical (unpaired) electrons. The van der Waals surface area contributed by atoms with Crippen molar-refractivity contribution in [3.05, 3.63) is 105 Å². The van der Waals surface area contributed by atoms with Crippen LogP contribution in [-0.2, 0) is 16.0 Å². The summed E-state index contributed by atoms with van der Waals surface area (Å²) in [5.41, 5.74) is 3.15. The molecule has 1 aliphatic heterocycles. The van der Waals surface area contributed by atoms with Crippen LogP contribution >= 0.6 is 0 Å². The average molecular weight is 446 g/mol. The van der Waals surface area contributed by atoms with E-state index in [0.717, 1.165) is 5.56 Å². The third-order valence-corrected chi connectivity index (χ3v) is 5.51. The van der Waals surface area contributed by atoms with Crippen molar-refractivity contribution >= 4 is 17.2 Å². The second-order valence-electron chi connectivity index (χ2n) is 7.62. The second-order valence-corrected chi connectivity index (χ2v) is 7.62. The number of carbonyl (C=O) groups excluding carboxylic acids is 1. The first kappa shape index (κ1) is 21.9. The highest BCUT2D eigenvalue weighted by molar-refractivity contribution is 5.97. The molecular weight excluding hydrogens is 424 g/mol. The Morgan fingerprint density at radius 1 is 1.12 bits per heavy atom. The minimum absolute atomic E-state index is 0.118. The number of nitrogens with zero attached hydrogens (tertiary/aromatic N) is 3. The Labute approximate surface area is 189 Å². The molecule has 4 rings (SSSR count). The molecule has 2 aromatic carbocycles. The van der Waals surface area contributed by atoms with Gasteiger partial charge in [0.2, 0.25) is 0 Å². The molecule has 0 saturated heterocycles. The molecule has 0 amide bonds. The number of hydrogen-bond acceptors (Lipinski definition) is 8. The van der Waals surface area contributed by atoms with Gasteiger partial charge in [0.05, 0.1) is 23.5 Å². The van der Waals surface area contributed by atoms with Crippen LogP contribution in [0.4, 0.5) is 5.69 Å². The quantitative estimate of drug-likeness (QED) is 0.341. The van der Waals surface area contributed by atoms with Gasteiger partial charge in [-0.2, -0.15) is 4.98 Å². The van der Waals surface area contributed by atoms with E-state index < -0.39 is 16.8 Å². The van der Waals surface area contributed by atoms with Gasteiger partial charge in [0.1, 0.15) is 0 Å². The number of carbonyl (C=O) groups is 1. The topological polar surface area (TPSA) is 120 Å². The zero-order chi connectivity index (χ0) is 23.5. The van der Waals surface area contributed by atoms with Gasteiger partial charge in [-0.3, -0.25) is 10.1 Å². The number of ether oxygens (including phenoxy) is 1. The fourth-order valence-corrected chi connectivity index (χ4v) is 4.08. The van der Waals surface area contributed by atoms with E-state index in [2.05, 4.69) is 15.5 Å². The molecule has 1 N–H and O–H groups in total. The van der Waals surface area contributed by atoms with Crippen molar-refractivity contribution in [1.29, 1.82) is 0 Å². The first-order chi connectivity index (χ1) is 15.9. The van der Waals surface area contributed by atoms with Crippen LogP contribution in [0, 0.1) is 10.1 Å². The summed E-state index contributed by atoms with van der Waals surface area (Å²) >= 11 is 0. The van der Waals surface area contributed by atoms with Gasteiger partial charge in [0, 0.05) is 35.0 Å². The number of hydrogen-bond donors (Lipinski definition) is 1. The van der Waals surface area contributed by atoms with Crippen molar-refractivity contribution in [2.24, 2.45) is 0 Å². The van der Waals surface area contributed by atoms with Gasteiger partial charge in [-0.25, -0.2) is 4.79 Å². The molecule has 0 bridgehead atoms. The highest BCUT2D eigenvalue weighted by Crippen LogP contribution is 2.45. The van der Waals surface area contributed by atoms with Gasteiger partial charge in [0.15, 0.2) is 5.82 Å². The van der Waals surface area contributed by atoms with Crippen molar-refractivity contribution in [3.63, 3.8) is 0 Å². The Bertz CT molecular complexity index is 1280. The number of nitro benzene ring substituents is 1. The lowest BCUT2D eigenvalue weighted by atomic mass is 9.79. The molecular formula is C24H22N4O5. The summed E-state index contributed by atoms with van der Waals surface area (Å²) in [6, 6.07) is 16.0. The van der Waals surface area contributed by atoms with E-state index in [-0.39, 0.29) is 17.2 Å². The number of dihydropyridines is 1. The lowest BCUT2D eigenvalue weighted by molar-refractivity contribution is -0.385. The van der Waals surface area contributed by atoms with Crippen LogP contribution < -0.4 is 5.32 Å². The Hall–Kier alpha value is -4.27. The van der Waals surface area contributed by atoms with E-state index in [1.165, 1.54) is 13.2 Å². The fraction of sp³-hybridized carbons (Fsp3) is 0.208. The fourth-order valence-electron chi connectivity index (χ4n) is 4.08. The number of esters is 1. The summed E-state index contributed by atoms with van der Waals surface area (Å²) < 4.78 is 10.6. The number of nitro groups is 1. The molecule has 3 aromatic rings. The highest BCUT2D eigenvalue weighted by Gasteiger charge is 2.40. The molecule has 33 heavy (non-hydrogen) atoms. The molecule has 0 aliphatic carbocycles. The minimum Gasteiger partial charge on any atom is -0.466 e. The third kappa shape index (κ3) is 4.25. The van der Waals surface area contributed by atoms with Crippen LogP contribution in [0.5, 0.6) is 0 Å². The standard InChI is InChI=1S/C24H22N4O5/c1-14-20(23-26-19(27-33-23)13-16-9-5-4-6-10-16)22(21(15(2)25-14)24(29)32-3)17-11-7-8-12-18(17)28(30)31/h4-12,22,25H,13H2,1-3H3. The van der Waals surface area contributed by atoms with E-state index in [0.29, 0.717) is 34.8 Å². The van der Waals surface area contributed by atoms with E-state index in [1.54, 1.807) is 32.0 Å². The first-order valence-electron chi connectivity index (χ1n) is 10.3. The third-order valence-electron chi connectivity index (χ3n) is 5.51. The Morgan fingerprint density at radius 2 is 1.82 bits per heavy atom. The summed E-state index contributed by atoms with van der Waals surface area (Å²) in [5, 5.41) is 19.1. The molecule has 1 aromatic heterocycles. The number of aromatic nitrogens is 2. The molecule has 168 valence electrons. The Kier molecular flexibility index (Phi) is 6.03. The van der Waals surface area contributed by atoms with Crippen LogP contribution in [0.3, 0.4) is 0 Å². The molecule has 0 fully saturated rings. The van der Waals surface area contributed by atoms with Gasteiger partial charge < -0.3 is 14.6 Å². The molecule has 0 spiro atoms. The van der Waals surface area contributed by atoms with Crippen molar-refractivity contribution in [2.45, 2.75) is 26.2 Å². The number of nitrogens with one attached hydrogen (secondary N) is 1. The maximum absolute atomic E-state index is 12.8. The largest absolute Gasteiger partial charge is 0.466 e. The maximum Gasteiger partial charge on any atom is 0.336 e. The zero-order valence-corrected chi connectivity index (χ0v) is 18.4. The summed E-state index contributed by atoms with van der Waals surface area (Å²) in [7, 11) is 1.27. The van der Waals surface area contributed by atoms with Crippen LogP contribution in [0.15, 0.2) is 76.1 Å². The smallest absolute Gasteiger partial charge is 0.336 e. The van der Waals surface area contributed by atoms with Gasteiger partial charge in [-0.1, -0.05) is 53.7 Å².